The molecule has 0 aliphatic heterocycles. The normalized spacial score (nSPS) is 14.3. The second-order valence-corrected chi connectivity index (χ2v) is 15.3. The molecule has 0 bridgehead atoms. The van der Waals surface area contributed by atoms with E-state index in [9.17, 15) is 0 Å². The van der Waals surface area contributed by atoms with Gasteiger partial charge in [-0.3, -0.25) is 0 Å². The second kappa shape index (κ2) is 12.7. The van der Waals surface area contributed by atoms with Crippen molar-refractivity contribution in [3.8, 4) is 67.8 Å². The summed E-state index contributed by atoms with van der Waals surface area (Å²) in [6, 6.07) is 52.5. The number of para-hydroxylation sites is 2. The van der Waals surface area contributed by atoms with Crippen LogP contribution in [0.4, 0.5) is 0 Å². The van der Waals surface area contributed by atoms with Gasteiger partial charge in [-0.2, -0.15) is 0 Å². The quantitative estimate of drug-likeness (QED) is 0.174. The van der Waals surface area contributed by atoms with Crippen molar-refractivity contribution >= 4 is 11.0 Å². The van der Waals surface area contributed by atoms with Crippen molar-refractivity contribution in [3.63, 3.8) is 0 Å². The van der Waals surface area contributed by atoms with Gasteiger partial charge in [-0.05, 0) is 81.0 Å². The van der Waals surface area contributed by atoms with Gasteiger partial charge in [0.25, 0.3) is 0 Å². The van der Waals surface area contributed by atoms with Crippen LogP contribution in [-0.4, -0.2) is 24.9 Å². The molecule has 0 atom stereocenters. The fraction of sp³-hybridized carbons (Fsp3) is 0.146. The topological polar surface area (TPSA) is 64.5 Å². The van der Waals surface area contributed by atoms with Crippen molar-refractivity contribution in [1.29, 1.82) is 0 Å². The van der Waals surface area contributed by atoms with E-state index in [4.69, 9.17) is 24.9 Å². The van der Waals surface area contributed by atoms with Crippen LogP contribution in [-0.2, 0) is 10.8 Å². The summed E-state index contributed by atoms with van der Waals surface area (Å²) in [5, 5.41) is 0. The fourth-order valence-corrected chi connectivity index (χ4v) is 8.17. The molecule has 2 heterocycles. The van der Waals surface area contributed by atoms with Crippen LogP contribution in [0, 0.1) is 0 Å². The molecule has 0 saturated heterocycles. The molecular weight excluding hydrogens is 647 g/mol. The zero-order valence-corrected chi connectivity index (χ0v) is 30.4. The molecular formula is C48H39N5. The zero-order valence-electron chi connectivity index (χ0n) is 30.4. The minimum absolute atomic E-state index is 0.0282. The molecule has 5 heteroatoms. The minimum Gasteiger partial charge on any atom is -0.244 e. The molecule has 0 fully saturated rings. The van der Waals surface area contributed by atoms with Crippen molar-refractivity contribution in [1.82, 2.24) is 24.9 Å². The predicted octanol–water partition coefficient (Wildman–Crippen LogP) is 11.8. The Bertz CT molecular complexity index is 2650. The summed E-state index contributed by atoms with van der Waals surface area (Å²) in [7, 11) is 0. The first-order valence-electron chi connectivity index (χ1n) is 18.2. The first-order valence-corrected chi connectivity index (χ1v) is 18.2. The lowest BCUT2D eigenvalue weighted by molar-refractivity contribution is 0.403. The SMILES string of the molecule is CC1(C)CC(C)(C)c2cc(-c3nc(-c4cccc(-c5cccc(-c6ccccc6)c5)c4)nc(-c4nc5ccccc5nc4-c4ccccc4)n3)ccc21. The first kappa shape index (κ1) is 32.6. The highest BCUT2D eigenvalue weighted by Gasteiger charge is 2.42. The standard InChI is InChI=1S/C48H39N5/c1-47(2)30-48(3,4)39-29-37(25-26-38(39)47)45-51-44(36-22-14-21-35(28-36)34-20-13-19-33(27-34)31-15-7-5-8-16-31)52-46(53-45)43-42(32-17-9-6-10-18-32)49-40-23-11-12-24-41(40)50-43/h5-29H,30H2,1-4H3. The van der Waals surface area contributed by atoms with Crippen molar-refractivity contribution in [2.24, 2.45) is 0 Å². The third kappa shape index (κ3) is 6.08. The number of aromatic nitrogens is 5. The van der Waals surface area contributed by atoms with Gasteiger partial charge in [0, 0.05) is 16.7 Å². The largest absolute Gasteiger partial charge is 0.244 e. The van der Waals surface area contributed by atoms with Crippen LogP contribution >= 0.6 is 0 Å². The summed E-state index contributed by atoms with van der Waals surface area (Å²) in [6.45, 7) is 9.35. The predicted molar refractivity (Wildman–Crippen MR) is 216 cm³/mol. The van der Waals surface area contributed by atoms with Crippen LogP contribution in [0.15, 0.2) is 152 Å². The number of rotatable bonds is 6. The van der Waals surface area contributed by atoms with Crippen LogP contribution in [0.3, 0.4) is 0 Å². The smallest absolute Gasteiger partial charge is 0.184 e. The van der Waals surface area contributed by atoms with E-state index in [1.807, 2.05) is 48.5 Å². The summed E-state index contributed by atoms with van der Waals surface area (Å²) in [6.07, 6.45) is 1.08. The third-order valence-corrected chi connectivity index (χ3v) is 10.5. The Morgan fingerprint density at radius 3 is 1.43 bits per heavy atom. The maximum absolute atomic E-state index is 5.20. The molecule has 0 amide bonds. The molecule has 8 aromatic rings. The Kier molecular flexibility index (Phi) is 7.81. The van der Waals surface area contributed by atoms with Crippen LogP contribution in [0.1, 0.15) is 45.2 Å². The highest BCUT2D eigenvalue weighted by Crippen LogP contribution is 2.50. The molecule has 256 valence electrons. The van der Waals surface area contributed by atoms with E-state index in [2.05, 4.69) is 131 Å². The van der Waals surface area contributed by atoms with Gasteiger partial charge in [0.05, 0.1) is 11.0 Å². The molecule has 1 aliphatic rings. The number of hydrogen-bond donors (Lipinski definition) is 0. The van der Waals surface area contributed by atoms with Gasteiger partial charge >= 0.3 is 0 Å². The van der Waals surface area contributed by atoms with Gasteiger partial charge in [-0.1, -0.05) is 149 Å². The molecule has 0 spiro atoms. The van der Waals surface area contributed by atoms with Crippen LogP contribution in [0.2, 0.25) is 0 Å². The van der Waals surface area contributed by atoms with Crippen LogP contribution < -0.4 is 0 Å². The van der Waals surface area contributed by atoms with E-state index in [0.29, 0.717) is 23.2 Å². The number of benzene rings is 6. The highest BCUT2D eigenvalue weighted by atomic mass is 15.1. The highest BCUT2D eigenvalue weighted by molar-refractivity contribution is 5.85. The summed E-state index contributed by atoms with van der Waals surface area (Å²) in [5.74, 6) is 1.68. The lowest BCUT2D eigenvalue weighted by atomic mass is 9.82. The van der Waals surface area contributed by atoms with Gasteiger partial charge in [0.2, 0.25) is 0 Å². The van der Waals surface area contributed by atoms with Crippen LogP contribution in [0.25, 0.3) is 78.8 Å². The Labute approximate surface area is 310 Å². The first-order chi connectivity index (χ1) is 25.7. The van der Waals surface area contributed by atoms with Gasteiger partial charge in [0.1, 0.15) is 11.4 Å². The molecule has 5 nitrogen and oxygen atoms in total. The van der Waals surface area contributed by atoms with Gasteiger partial charge in [-0.25, -0.2) is 24.9 Å². The molecule has 1 aliphatic carbocycles. The molecule has 6 aromatic carbocycles. The summed E-state index contributed by atoms with van der Waals surface area (Å²) in [5.41, 5.74) is 13.2. The van der Waals surface area contributed by atoms with Gasteiger partial charge < -0.3 is 0 Å². The summed E-state index contributed by atoms with van der Waals surface area (Å²) >= 11 is 0. The van der Waals surface area contributed by atoms with Crippen molar-refractivity contribution in [3.05, 3.63) is 163 Å². The Morgan fingerprint density at radius 1 is 0.340 bits per heavy atom. The fourth-order valence-electron chi connectivity index (χ4n) is 8.17. The number of hydrogen-bond acceptors (Lipinski definition) is 5. The minimum atomic E-state index is 0.0282. The summed E-state index contributed by atoms with van der Waals surface area (Å²) in [4.78, 5) is 25.9. The van der Waals surface area contributed by atoms with E-state index < -0.39 is 0 Å². The Hall–Kier alpha value is -6.33. The van der Waals surface area contributed by atoms with E-state index >= 15 is 0 Å². The molecule has 0 unspecified atom stereocenters. The zero-order chi connectivity index (χ0) is 36.2. The molecule has 0 saturated carbocycles. The molecule has 0 radical (unpaired) electrons. The maximum Gasteiger partial charge on any atom is 0.184 e. The van der Waals surface area contributed by atoms with Crippen LogP contribution in [0.5, 0.6) is 0 Å². The lowest BCUT2D eigenvalue weighted by Gasteiger charge is -2.22. The van der Waals surface area contributed by atoms with E-state index in [0.717, 1.165) is 51.0 Å². The molecule has 0 N–H and O–H groups in total. The lowest BCUT2D eigenvalue weighted by Crippen LogP contribution is -2.17. The second-order valence-electron chi connectivity index (χ2n) is 15.3. The number of fused-ring (bicyclic) bond motifs is 2. The van der Waals surface area contributed by atoms with Crippen molar-refractivity contribution < 1.29 is 0 Å². The maximum atomic E-state index is 5.20. The average molecular weight is 686 g/mol. The van der Waals surface area contributed by atoms with Crippen molar-refractivity contribution in [2.45, 2.75) is 44.9 Å². The Morgan fingerprint density at radius 2 is 0.792 bits per heavy atom. The third-order valence-electron chi connectivity index (χ3n) is 10.5. The Balaban J connectivity index is 1.24. The molecule has 2 aromatic heterocycles. The average Bonchev–Trinajstić information content (AvgIpc) is 3.39. The molecule has 9 rings (SSSR count). The van der Waals surface area contributed by atoms with E-state index in [1.165, 1.54) is 22.3 Å². The number of nitrogens with zero attached hydrogens (tertiary/aromatic N) is 5. The summed E-state index contributed by atoms with van der Waals surface area (Å²) < 4.78 is 0. The van der Waals surface area contributed by atoms with Crippen molar-refractivity contribution in [2.75, 3.05) is 0 Å². The van der Waals surface area contributed by atoms with Gasteiger partial charge in [0.15, 0.2) is 17.5 Å². The van der Waals surface area contributed by atoms with Gasteiger partial charge in [-0.15, -0.1) is 0 Å². The van der Waals surface area contributed by atoms with E-state index in [1.54, 1.807) is 0 Å². The van der Waals surface area contributed by atoms with E-state index in [-0.39, 0.29) is 10.8 Å². The monoisotopic (exact) mass is 685 g/mol. The molecule has 53 heavy (non-hydrogen) atoms.